The number of hydrogen-bond acceptors (Lipinski definition) is 4. The van der Waals surface area contributed by atoms with E-state index in [1.54, 1.807) is 11.8 Å². The summed E-state index contributed by atoms with van der Waals surface area (Å²) >= 11 is 0. The van der Waals surface area contributed by atoms with E-state index >= 15 is 0 Å². The molecule has 2 aromatic rings. The van der Waals surface area contributed by atoms with Crippen LogP contribution in [0.15, 0.2) is 42.5 Å². The molecule has 0 radical (unpaired) electrons. The maximum atomic E-state index is 12.8. The van der Waals surface area contributed by atoms with E-state index in [0.29, 0.717) is 30.3 Å². The number of benzene rings is 2. The van der Waals surface area contributed by atoms with Crippen molar-refractivity contribution in [1.29, 1.82) is 0 Å². The summed E-state index contributed by atoms with van der Waals surface area (Å²) in [6, 6.07) is 13.3. The van der Waals surface area contributed by atoms with Crippen molar-refractivity contribution in [2.24, 2.45) is 5.92 Å². The Kier molecular flexibility index (Phi) is 6.44. The summed E-state index contributed by atoms with van der Waals surface area (Å²) in [5, 5.41) is 3.03. The van der Waals surface area contributed by atoms with Gasteiger partial charge in [-0.2, -0.15) is 0 Å². The molecule has 1 aliphatic heterocycles. The third-order valence-electron chi connectivity index (χ3n) is 5.98. The van der Waals surface area contributed by atoms with E-state index in [9.17, 15) is 9.59 Å². The second-order valence-corrected chi connectivity index (χ2v) is 8.42. The van der Waals surface area contributed by atoms with Crippen molar-refractivity contribution in [3.63, 3.8) is 0 Å². The van der Waals surface area contributed by atoms with Crippen LogP contribution in [0.4, 0.5) is 11.4 Å². The predicted octanol–water partition coefficient (Wildman–Crippen LogP) is 4.71. The summed E-state index contributed by atoms with van der Waals surface area (Å²) in [5.41, 5.74) is 2.47. The van der Waals surface area contributed by atoms with Gasteiger partial charge < -0.3 is 19.7 Å². The minimum absolute atomic E-state index is 0.0606. The highest BCUT2D eigenvalue weighted by atomic mass is 16.5. The van der Waals surface area contributed by atoms with Crippen molar-refractivity contribution in [2.45, 2.75) is 52.1 Å². The molecule has 2 aromatic carbocycles. The second-order valence-electron chi connectivity index (χ2n) is 8.42. The van der Waals surface area contributed by atoms with E-state index in [1.165, 1.54) is 6.42 Å². The molecular weight excluding hydrogens is 392 g/mol. The van der Waals surface area contributed by atoms with Gasteiger partial charge in [0.25, 0.3) is 5.91 Å². The van der Waals surface area contributed by atoms with E-state index in [-0.39, 0.29) is 17.7 Å². The first-order valence-electron chi connectivity index (χ1n) is 11.1. The summed E-state index contributed by atoms with van der Waals surface area (Å²) in [5.74, 6) is 1.43. The lowest BCUT2D eigenvalue weighted by Crippen LogP contribution is -2.46. The molecule has 2 amide bonds. The minimum atomic E-state index is -0.561. The number of carbonyl (C=O) groups is 2. The van der Waals surface area contributed by atoms with Crippen molar-refractivity contribution in [3.8, 4) is 11.5 Å². The van der Waals surface area contributed by atoms with Gasteiger partial charge in [-0.3, -0.25) is 9.59 Å². The van der Waals surface area contributed by atoms with E-state index in [4.69, 9.17) is 9.47 Å². The average Bonchev–Trinajstić information content (AvgIpc) is 2.77. The van der Waals surface area contributed by atoms with Crippen LogP contribution in [0, 0.1) is 12.8 Å². The average molecular weight is 423 g/mol. The zero-order valence-corrected chi connectivity index (χ0v) is 18.2. The van der Waals surface area contributed by atoms with Crippen molar-refractivity contribution >= 4 is 23.2 Å². The zero-order valence-electron chi connectivity index (χ0n) is 18.2. The normalized spacial score (nSPS) is 18.8. The predicted molar refractivity (Wildman–Crippen MR) is 121 cm³/mol. The molecule has 0 saturated heterocycles. The summed E-state index contributed by atoms with van der Waals surface area (Å²) in [7, 11) is 0. The van der Waals surface area contributed by atoms with Gasteiger partial charge in [-0.15, -0.1) is 0 Å². The van der Waals surface area contributed by atoms with Crippen LogP contribution < -0.4 is 19.7 Å². The Balaban J connectivity index is 1.47. The molecule has 2 aliphatic rings. The minimum Gasteiger partial charge on any atom is -0.492 e. The SMILES string of the molecule is Cc1cccc(OCCN2C(=O)C(C)Oc3ccc(NC(=O)C4CCCCC4)cc32)c1. The zero-order chi connectivity index (χ0) is 21.8. The Hall–Kier alpha value is -3.02. The van der Waals surface area contributed by atoms with Crippen LogP contribution in [0.3, 0.4) is 0 Å². The Morgan fingerprint density at radius 2 is 1.97 bits per heavy atom. The van der Waals surface area contributed by atoms with E-state index in [2.05, 4.69) is 5.32 Å². The molecule has 6 nitrogen and oxygen atoms in total. The molecule has 1 heterocycles. The van der Waals surface area contributed by atoms with Crippen LogP contribution in [0.2, 0.25) is 0 Å². The maximum Gasteiger partial charge on any atom is 0.267 e. The molecule has 6 heteroatoms. The lowest BCUT2D eigenvalue weighted by Gasteiger charge is -2.33. The van der Waals surface area contributed by atoms with Crippen molar-refractivity contribution in [2.75, 3.05) is 23.4 Å². The van der Waals surface area contributed by atoms with E-state index in [1.807, 2.05) is 49.4 Å². The van der Waals surface area contributed by atoms with Crippen LogP contribution in [-0.2, 0) is 9.59 Å². The standard InChI is InChI=1S/C25H30N2O4/c1-17-7-6-10-21(15-17)30-14-13-27-22-16-20(11-12-23(22)31-18(2)25(27)29)26-24(28)19-8-4-3-5-9-19/h6-7,10-12,15-16,18-19H,3-5,8-9,13-14H2,1-2H3,(H,26,28). The van der Waals surface area contributed by atoms with E-state index < -0.39 is 6.10 Å². The highest BCUT2D eigenvalue weighted by Crippen LogP contribution is 2.36. The van der Waals surface area contributed by atoms with Gasteiger partial charge in [0.1, 0.15) is 18.1 Å². The largest absolute Gasteiger partial charge is 0.492 e. The number of carbonyl (C=O) groups excluding carboxylic acids is 2. The fourth-order valence-corrected chi connectivity index (χ4v) is 4.28. The van der Waals surface area contributed by atoms with E-state index in [0.717, 1.165) is 37.0 Å². The molecular formula is C25H30N2O4. The van der Waals surface area contributed by atoms with Gasteiger partial charge >= 0.3 is 0 Å². The van der Waals surface area contributed by atoms with Crippen molar-refractivity contribution in [1.82, 2.24) is 0 Å². The van der Waals surface area contributed by atoms with Crippen LogP contribution in [0.1, 0.15) is 44.6 Å². The number of ether oxygens (including phenoxy) is 2. The maximum absolute atomic E-state index is 12.8. The fraction of sp³-hybridized carbons (Fsp3) is 0.440. The highest BCUT2D eigenvalue weighted by Gasteiger charge is 2.32. The fourth-order valence-electron chi connectivity index (χ4n) is 4.28. The van der Waals surface area contributed by atoms with Crippen molar-refractivity contribution < 1.29 is 19.1 Å². The number of nitrogens with one attached hydrogen (secondary N) is 1. The second kappa shape index (κ2) is 9.41. The monoisotopic (exact) mass is 422 g/mol. The molecule has 1 aliphatic carbocycles. The summed E-state index contributed by atoms with van der Waals surface area (Å²) in [4.78, 5) is 27.2. The Morgan fingerprint density at radius 1 is 1.16 bits per heavy atom. The van der Waals surface area contributed by atoms with Gasteiger partial charge in [-0.05, 0) is 62.6 Å². The number of rotatable bonds is 6. The van der Waals surface area contributed by atoms with Crippen LogP contribution in [0.25, 0.3) is 0 Å². The summed E-state index contributed by atoms with van der Waals surface area (Å²) in [6.45, 7) is 4.52. The molecule has 1 atom stereocenters. The third-order valence-corrected chi connectivity index (χ3v) is 5.98. The van der Waals surface area contributed by atoms with Crippen molar-refractivity contribution in [3.05, 3.63) is 48.0 Å². The molecule has 1 N–H and O–H groups in total. The van der Waals surface area contributed by atoms with Crippen LogP contribution in [0.5, 0.6) is 11.5 Å². The number of aryl methyl sites for hydroxylation is 1. The lowest BCUT2D eigenvalue weighted by molar-refractivity contribution is -0.125. The first kappa shape index (κ1) is 21.2. The molecule has 164 valence electrons. The molecule has 1 unspecified atom stereocenters. The third kappa shape index (κ3) is 5.01. The highest BCUT2D eigenvalue weighted by molar-refractivity contribution is 6.01. The molecule has 1 fully saturated rings. The Labute approximate surface area is 183 Å². The molecule has 0 spiro atoms. The van der Waals surface area contributed by atoms with Crippen LogP contribution in [-0.4, -0.2) is 31.1 Å². The van der Waals surface area contributed by atoms with Gasteiger partial charge in [0.05, 0.1) is 12.2 Å². The number of amides is 2. The number of fused-ring (bicyclic) bond motifs is 1. The number of hydrogen-bond donors (Lipinski definition) is 1. The van der Waals surface area contributed by atoms with Crippen LogP contribution >= 0.6 is 0 Å². The van der Waals surface area contributed by atoms with Gasteiger partial charge in [-0.25, -0.2) is 0 Å². The summed E-state index contributed by atoms with van der Waals surface area (Å²) in [6.07, 6.45) is 4.75. The quantitative estimate of drug-likeness (QED) is 0.732. The Bertz CT molecular complexity index is 952. The molecule has 4 rings (SSSR count). The van der Waals surface area contributed by atoms with Gasteiger partial charge in [0.15, 0.2) is 6.10 Å². The van der Waals surface area contributed by atoms with Gasteiger partial charge in [0.2, 0.25) is 5.91 Å². The smallest absolute Gasteiger partial charge is 0.267 e. The molecule has 0 aromatic heterocycles. The first-order chi connectivity index (χ1) is 15.0. The Morgan fingerprint density at radius 3 is 2.74 bits per heavy atom. The number of nitrogens with zero attached hydrogens (tertiary/aromatic N) is 1. The molecule has 31 heavy (non-hydrogen) atoms. The summed E-state index contributed by atoms with van der Waals surface area (Å²) < 4.78 is 11.6. The van der Waals surface area contributed by atoms with Gasteiger partial charge in [-0.1, -0.05) is 31.4 Å². The topological polar surface area (TPSA) is 67.9 Å². The number of anilines is 2. The first-order valence-corrected chi connectivity index (χ1v) is 11.1. The molecule has 1 saturated carbocycles. The lowest BCUT2D eigenvalue weighted by atomic mass is 9.88. The van der Waals surface area contributed by atoms with Gasteiger partial charge in [0, 0.05) is 11.6 Å². The molecule has 0 bridgehead atoms.